The summed E-state index contributed by atoms with van der Waals surface area (Å²) < 4.78 is 5.42. The van der Waals surface area contributed by atoms with Crippen LogP contribution in [0.2, 0.25) is 0 Å². The molecule has 6 heteroatoms. The maximum Gasteiger partial charge on any atom is 0.410 e. The highest BCUT2D eigenvalue weighted by Gasteiger charge is 2.30. The van der Waals surface area contributed by atoms with Crippen LogP contribution < -0.4 is 0 Å². The van der Waals surface area contributed by atoms with Crippen molar-refractivity contribution in [3.05, 3.63) is 0 Å². The summed E-state index contributed by atoms with van der Waals surface area (Å²) in [5.74, 6) is 0.430. The van der Waals surface area contributed by atoms with Crippen LogP contribution in [0, 0.1) is 5.92 Å². The molecule has 2 unspecified atom stereocenters. The van der Waals surface area contributed by atoms with Crippen molar-refractivity contribution in [3.63, 3.8) is 0 Å². The van der Waals surface area contributed by atoms with Gasteiger partial charge in [0.05, 0.1) is 12.5 Å². The molecular weight excluding hydrogens is 284 g/mol. The minimum absolute atomic E-state index is 0.0345. The van der Waals surface area contributed by atoms with Gasteiger partial charge in [0.1, 0.15) is 5.60 Å². The van der Waals surface area contributed by atoms with Gasteiger partial charge in [-0.05, 0) is 46.0 Å². The van der Waals surface area contributed by atoms with Crippen molar-refractivity contribution in [1.29, 1.82) is 0 Å². The third-order valence-corrected chi connectivity index (χ3v) is 4.17. The Bertz CT molecular complexity index is 419. The van der Waals surface area contributed by atoms with Gasteiger partial charge in [-0.3, -0.25) is 4.79 Å². The molecule has 2 rings (SSSR count). The fourth-order valence-corrected chi connectivity index (χ4v) is 3.10. The zero-order valence-corrected chi connectivity index (χ0v) is 13.9. The number of β-amino-alcohol motifs (C(OH)–C–C–N with tert-alkyl or cyclic N) is 1. The van der Waals surface area contributed by atoms with Crippen LogP contribution in [0.3, 0.4) is 0 Å². The van der Waals surface area contributed by atoms with Crippen LogP contribution in [0.5, 0.6) is 0 Å². The molecule has 0 radical (unpaired) electrons. The average molecular weight is 312 g/mol. The van der Waals surface area contributed by atoms with Crippen molar-refractivity contribution in [1.82, 2.24) is 9.80 Å². The second kappa shape index (κ2) is 6.86. The molecule has 0 bridgehead atoms. The van der Waals surface area contributed by atoms with Crippen molar-refractivity contribution in [2.75, 3.05) is 26.2 Å². The van der Waals surface area contributed by atoms with E-state index in [9.17, 15) is 14.7 Å². The fraction of sp³-hybridized carbons (Fsp3) is 0.875. The van der Waals surface area contributed by atoms with Gasteiger partial charge in [-0.15, -0.1) is 0 Å². The summed E-state index contributed by atoms with van der Waals surface area (Å²) in [5.41, 5.74) is -0.470. The number of carbonyl (C=O) groups is 2. The predicted octanol–water partition coefficient (Wildman–Crippen LogP) is 1.62. The van der Waals surface area contributed by atoms with Crippen LogP contribution in [0.4, 0.5) is 4.79 Å². The molecule has 0 aromatic carbocycles. The molecule has 0 aliphatic carbocycles. The molecule has 0 aromatic heterocycles. The van der Waals surface area contributed by atoms with Crippen molar-refractivity contribution in [2.24, 2.45) is 5.92 Å². The summed E-state index contributed by atoms with van der Waals surface area (Å²) >= 11 is 0. The molecule has 2 saturated heterocycles. The molecule has 2 fully saturated rings. The van der Waals surface area contributed by atoms with E-state index in [4.69, 9.17) is 4.74 Å². The summed E-state index contributed by atoms with van der Waals surface area (Å²) in [6.07, 6.45) is 2.40. The van der Waals surface area contributed by atoms with Crippen LogP contribution in [0.15, 0.2) is 0 Å². The van der Waals surface area contributed by atoms with Gasteiger partial charge in [-0.1, -0.05) is 0 Å². The number of nitrogens with zero attached hydrogens (tertiary/aromatic N) is 2. The monoisotopic (exact) mass is 312 g/mol. The molecule has 126 valence electrons. The normalized spacial score (nSPS) is 26.5. The number of aliphatic hydroxyl groups is 1. The van der Waals surface area contributed by atoms with Crippen LogP contribution in [-0.4, -0.2) is 64.8 Å². The topological polar surface area (TPSA) is 70.1 Å². The van der Waals surface area contributed by atoms with Crippen LogP contribution in [-0.2, 0) is 9.53 Å². The molecule has 0 spiro atoms. The number of likely N-dealkylation sites (tertiary alicyclic amines) is 2. The number of rotatable bonds is 3. The Morgan fingerprint density at radius 1 is 1.36 bits per heavy atom. The van der Waals surface area contributed by atoms with E-state index in [2.05, 4.69) is 0 Å². The highest BCUT2D eigenvalue weighted by atomic mass is 16.6. The molecular formula is C16H28N2O4. The molecule has 2 atom stereocenters. The number of carbonyl (C=O) groups excluding carboxylic acids is 2. The average Bonchev–Trinajstić information content (AvgIpc) is 2.73. The van der Waals surface area contributed by atoms with Gasteiger partial charge in [0.25, 0.3) is 0 Å². The van der Waals surface area contributed by atoms with Gasteiger partial charge in [-0.2, -0.15) is 0 Å². The second-order valence-electron chi connectivity index (χ2n) is 7.42. The Balaban J connectivity index is 1.78. The summed E-state index contributed by atoms with van der Waals surface area (Å²) in [6.45, 7) is 8.17. The number of ether oxygens (including phenoxy) is 1. The first-order valence-electron chi connectivity index (χ1n) is 8.18. The lowest BCUT2D eigenvalue weighted by atomic mass is 9.95. The zero-order chi connectivity index (χ0) is 16.3. The highest BCUT2D eigenvalue weighted by Crippen LogP contribution is 2.23. The fourth-order valence-electron chi connectivity index (χ4n) is 3.10. The minimum Gasteiger partial charge on any atom is -0.444 e. The molecule has 2 heterocycles. The first kappa shape index (κ1) is 17.1. The molecule has 2 amide bonds. The number of amides is 2. The third-order valence-electron chi connectivity index (χ3n) is 4.17. The summed E-state index contributed by atoms with van der Waals surface area (Å²) in [4.78, 5) is 27.3. The Labute approximate surface area is 132 Å². The lowest BCUT2D eigenvalue weighted by molar-refractivity contribution is -0.128. The highest BCUT2D eigenvalue weighted by molar-refractivity contribution is 5.78. The Hall–Kier alpha value is -1.30. The van der Waals surface area contributed by atoms with E-state index in [0.29, 0.717) is 25.6 Å². The maximum absolute atomic E-state index is 12.1. The van der Waals surface area contributed by atoms with Crippen LogP contribution in [0.25, 0.3) is 0 Å². The first-order valence-corrected chi connectivity index (χ1v) is 8.18. The van der Waals surface area contributed by atoms with Crippen molar-refractivity contribution in [2.45, 2.75) is 58.2 Å². The molecule has 22 heavy (non-hydrogen) atoms. The van der Waals surface area contributed by atoms with E-state index < -0.39 is 11.7 Å². The lowest BCUT2D eigenvalue weighted by Crippen LogP contribution is -2.43. The lowest BCUT2D eigenvalue weighted by Gasteiger charge is -2.34. The van der Waals surface area contributed by atoms with Crippen molar-refractivity contribution in [3.8, 4) is 0 Å². The van der Waals surface area contributed by atoms with E-state index in [1.54, 1.807) is 9.80 Å². The van der Waals surface area contributed by atoms with Crippen LogP contribution in [0.1, 0.15) is 46.5 Å². The number of hydrogen-bond donors (Lipinski definition) is 1. The quantitative estimate of drug-likeness (QED) is 0.859. The van der Waals surface area contributed by atoms with E-state index in [1.807, 2.05) is 20.8 Å². The number of hydrogen-bond acceptors (Lipinski definition) is 4. The Morgan fingerprint density at radius 2 is 2.09 bits per heavy atom. The van der Waals surface area contributed by atoms with Crippen molar-refractivity contribution < 1.29 is 19.4 Å². The summed E-state index contributed by atoms with van der Waals surface area (Å²) in [5, 5.41) is 9.50. The molecule has 6 nitrogen and oxygen atoms in total. The van der Waals surface area contributed by atoms with E-state index in [-0.39, 0.29) is 18.4 Å². The molecule has 2 aliphatic heterocycles. The molecule has 2 aliphatic rings. The van der Waals surface area contributed by atoms with Gasteiger partial charge in [0, 0.05) is 26.2 Å². The Morgan fingerprint density at radius 3 is 2.68 bits per heavy atom. The smallest absolute Gasteiger partial charge is 0.410 e. The molecule has 1 N–H and O–H groups in total. The van der Waals surface area contributed by atoms with Crippen molar-refractivity contribution >= 4 is 12.0 Å². The van der Waals surface area contributed by atoms with Gasteiger partial charge >= 0.3 is 6.09 Å². The van der Waals surface area contributed by atoms with E-state index in [1.165, 1.54) is 0 Å². The number of piperidine rings is 1. The third kappa shape index (κ3) is 4.87. The SMILES string of the molecule is CC(C)(C)OC(=O)N1CCCC(CCN2CC(O)CC2=O)C1. The largest absolute Gasteiger partial charge is 0.444 e. The number of aliphatic hydroxyl groups excluding tert-OH is 1. The Kier molecular flexibility index (Phi) is 5.32. The zero-order valence-electron chi connectivity index (χ0n) is 13.9. The molecule has 0 saturated carbocycles. The van der Waals surface area contributed by atoms with E-state index in [0.717, 1.165) is 25.8 Å². The second-order valence-corrected chi connectivity index (χ2v) is 7.42. The van der Waals surface area contributed by atoms with E-state index >= 15 is 0 Å². The maximum atomic E-state index is 12.1. The first-order chi connectivity index (χ1) is 10.2. The standard InChI is InChI=1S/C16H28N2O4/c1-16(2,3)22-15(21)18-7-4-5-12(10-18)6-8-17-11-13(19)9-14(17)20/h12-13,19H,4-11H2,1-3H3. The summed E-state index contributed by atoms with van der Waals surface area (Å²) in [6, 6.07) is 0. The van der Waals surface area contributed by atoms with Crippen LogP contribution >= 0.6 is 0 Å². The van der Waals surface area contributed by atoms with Gasteiger partial charge in [-0.25, -0.2) is 4.79 Å². The van der Waals surface area contributed by atoms with Gasteiger partial charge < -0.3 is 19.6 Å². The molecule has 0 aromatic rings. The van der Waals surface area contributed by atoms with Gasteiger partial charge in [0.2, 0.25) is 5.91 Å². The van der Waals surface area contributed by atoms with Gasteiger partial charge in [0.15, 0.2) is 0 Å². The minimum atomic E-state index is -0.517. The predicted molar refractivity (Wildman–Crippen MR) is 82.4 cm³/mol. The summed E-state index contributed by atoms with van der Waals surface area (Å²) in [7, 11) is 0.